The minimum atomic E-state index is -1.60. The van der Waals surface area contributed by atoms with Crippen LogP contribution in [0.4, 0.5) is 0 Å². The van der Waals surface area contributed by atoms with Crippen LogP contribution in [0.3, 0.4) is 0 Å². The van der Waals surface area contributed by atoms with Crippen LogP contribution in [-0.2, 0) is 42.9 Å². The molecular formula is C14H20O10. The van der Waals surface area contributed by atoms with Crippen molar-refractivity contribution in [2.24, 2.45) is 0 Å². The van der Waals surface area contributed by atoms with Gasteiger partial charge in [0.05, 0.1) is 0 Å². The quantitative estimate of drug-likeness (QED) is 0.490. The fourth-order valence-electron chi connectivity index (χ4n) is 2.15. The summed E-state index contributed by atoms with van der Waals surface area (Å²) in [4.78, 5) is 44.7. The van der Waals surface area contributed by atoms with Crippen molar-refractivity contribution in [1.82, 2.24) is 0 Å². The van der Waals surface area contributed by atoms with Gasteiger partial charge < -0.3 is 28.8 Å². The van der Waals surface area contributed by atoms with Crippen LogP contribution < -0.4 is 0 Å². The van der Waals surface area contributed by atoms with Gasteiger partial charge in [0.25, 0.3) is 0 Å². The highest BCUT2D eigenvalue weighted by Crippen LogP contribution is 2.27. The van der Waals surface area contributed by atoms with Gasteiger partial charge in [0.15, 0.2) is 18.3 Å². The average molecular weight is 348 g/mol. The second-order valence-corrected chi connectivity index (χ2v) is 5.09. The van der Waals surface area contributed by atoms with Gasteiger partial charge in [-0.2, -0.15) is 0 Å². The summed E-state index contributed by atoms with van der Waals surface area (Å²) in [5, 5.41) is 10.2. The fraction of sp³-hybridized carbons (Fsp3) is 0.714. The van der Waals surface area contributed by atoms with E-state index in [1.807, 2.05) is 0 Å². The van der Waals surface area contributed by atoms with E-state index < -0.39 is 54.6 Å². The molecule has 1 heterocycles. The summed E-state index contributed by atoms with van der Waals surface area (Å²) in [6, 6.07) is 0. The number of esters is 4. The number of carbonyl (C=O) groups is 4. The lowest BCUT2D eigenvalue weighted by molar-refractivity contribution is -0.297. The van der Waals surface area contributed by atoms with Gasteiger partial charge in [-0.25, -0.2) is 0 Å². The summed E-state index contributed by atoms with van der Waals surface area (Å²) in [6.45, 7) is 4.09. The smallest absolute Gasteiger partial charge is 0.305 e. The van der Waals surface area contributed by atoms with Gasteiger partial charge in [0.1, 0.15) is 12.7 Å². The van der Waals surface area contributed by atoms with E-state index in [9.17, 15) is 24.3 Å². The molecule has 1 rings (SSSR count). The highest BCUT2D eigenvalue weighted by molar-refractivity contribution is 5.68. The molecule has 0 aromatic rings. The highest BCUT2D eigenvalue weighted by atomic mass is 16.7. The van der Waals surface area contributed by atoms with Gasteiger partial charge in [0.2, 0.25) is 6.29 Å². The molecule has 1 aliphatic rings. The van der Waals surface area contributed by atoms with Crippen LogP contribution in [0.25, 0.3) is 0 Å². The van der Waals surface area contributed by atoms with Crippen molar-refractivity contribution in [3.63, 3.8) is 0 Å². The molecule has 0 unspecified atom stereocenters. The number of carbonyl (C=O) groups excluding carboxylic acids is 4. The van der Waals surface area contributed by atoms with Crippen LogP contribution in [-0.4, -0.2) is 66.3 Å². The third-order valence-corrected chi connectivity index (χ3v) is 2.95. The topological polar surface area (TPSA) is 135 Å². The zero-order chi connectivity index (χ0) is 18.4. The Morgan fingerprint density at radius 3 is 1.79 bits per heavy atom. The van der Waals surface area contributed by atoms with Crippen LogP contribution in [0.5, 0.6) is 0 Å². The number of hydrogen-bond acceptors (Lipinski definition) is 10. The molecule has 5 atom stereocenters. The van der Waals surface area contributed by atoms with Gasteiger partial charge in [0, 0.05) is 27.7 Å². The van der Waals surface area contributed by atoms with E-state index in [0.29, 0.717) is 0 Å². The molecule has 1 N–H and O–H groups in total. The van der Waals surface area contributed by atoms with E-state index in [1.165, 1.54) is 0 Å². The SMILES string of the molecule is CC(=O)OC[C@H]1O[C@@H](OC(C)=O)[C@@H](O)[C@@H](OC(C)=O)[C@H]1OC(C)=O. The third kappa shape index (κ3) is 5.78. The van der Waals surface area contributed by atoms with Gasteiger partial charge in [-0.05, 0) is 0 Å². The maximum absolute atomic E-state index is 11.3. The molecule has 0 bridgehead atoms. The van der Waals surface area contributed by atoms with Gasteiger partial charge in [-0.1, -0.05) is 0 Å². The molecular weight excluding hydrogens is 328 g/mol. The molecule has 10 heteroatoms. The van der Waals surface area contributed by atoms with Crippen molar-refractivity contribution in [3.8, 4) is 0 Å². The molecule has 0 spiro atoms. The minimum Gasteiger partial charge on any atom is -0.463 e. The lowest BCUT2D eigenvalue weighted by atomic mass is 9.98. The lowest BCUT2D eigenvalue weighted by Crippen LogP contribution is -2.62. The van der Waals surface area contributed by atoms with Gasteiger partial charge in [-0.3, -0.25) is 19.2 Å². The first-order valence-corrected chi connectivity index (χ1v) is 7.10. The van der Waals surface area contributed by atoms with Crippen molar-refractivity contribution in [1.29, 1.82) is 0 Å². The Kier molecular flexibility index (Phi) is 7.11. The monoisotopic (exact) mass is 348 g/mol. The molecule has 0 radical (unpaired) electrons. The Bertz CT molecular complexity index is 486. The number of aliphatic hydroxyl groups is 1. The zero-order valence-corrected chi connectivity index (χ0v) is 13.7. The summed E-state index contributed by atoms with van der Waals surface area (Å²) in [7, 11) is 0. The Morgan fingerprint density at radius 1 is 0.833 bits per heavy atom. The number of ether oxygens (including phenoxy) is 5. The summed E-state index contributed by atoms with van der Waals surface area (Å²) in [5.41, 5.74) is 0. The predicted octanol–water partition coefficient (Wildman–Crippen LogP) is -0.938. The first-order chi connectivity index (χ1) is 11.1. The van der Waals surface area contributed by atoms with E-state index in [4.69, 9.17) is 23.7 Å². The Morgan fingerprint density at radius 2 is 1.33 bits per heavy atom. The molecule has 24 heavy (non-hydrogen) atoms. The summed E-state index contributed by atoms with van der Waals surface area (Å²) < 4.78 is 25.0. The van der Waals surface area contributed by atoms with E-state index in [0.717, 1.165) is 27.7 Å². The second kappa shape index (κ2) is 8.60. The van der Waals surface area contributed by atoms with Gasteiger partial charge >= 0.3 is 23.9 Å². The lowest BCUT2D eigenvalue weighted by Gasteiger charge is -2.42. The Balaban J connectivity index is 3.08. The van der Waals surface area contributed by atoms with Crippen LogP contribution in [0, 0.1) is 0 Å². The summed E-state index contributed by atoms with van der Waals surface area (Å²) >= 11 is 0. The molecule has 0 aromatic carbocycles. The number of rotatable bonds is 5. The molecule has 0 amide bonds. The van der Waals surface area contributed by atoms with Crippen molar-refractivity contribution >= 4 is 23.9 Å². The normalized spacial score (nSPS) is 29.3. The largest absolute Gasteiger partial charge is 0.463 e. The first-order valence-electron chi connectivity index (χ1n) is 7.10. The molecule has 10 nitrogen and oxygen atoms in total. The van der Waals surface area contributed by atoms with E-state index >= 15 is 0 Å². The van der Waals surface area contributed by atoms with Crippen molar-refractivity contribution in [2.75, 3.05) is 6.61 Å². The molecule has 0 aromatic heterocycles. The molecule has 136 valence electrons. The average Bonchev–Trinajstić information content (AvgIpc) is 2.42. The summed E-state index contributed by atoms with van der Waals surface area (Å²) in [5.74, 6) is -2.87. The maximum Gasteiger partial charge on any atom is 0.305 e. The molecule has 1 saturated heterocycles. The predicted molar refractivity (Wildman–Crippen MR) is 74.2 cm³/mol. The fourth-order valence-corrected chi connectivity index (χ4v) is 2.15. The summed E-state index contributed by atoms with van der Waals surface area (Å²) in [6.07, 6.45) is -6.83. The number of aliphatic hydroxyl groups excluding tert-OH is 1. The van der Waals surface area contributed by atoms with Crippen molar-refractivity contribution in [3.05, 3.63) is 0 Å². The van der Waals surface area contributed by atoms with Crippen molar-refractivity contribution < 1.29 is 48.0 Å². The van der Waals surface area contributed by atoms with E-state index in [2.05, 4.69) is 0 Å². The second-order valence-electron chi connectivity index (χ2n) is 5.09. The zero-order valence-electron chi connectivity index (χ0n) is 13.7. The van der Waals surface area contributed by atoms with Crippen LogP contribution in [0.1, 0.15) is 27.7 Å². The third-order valence-electron chi connectivity index (χ3n) is 2.95. The van der Waals surface area contributed by atoms with Crippen LogP contribution in [0.15, 0.2) is 0 Å². The Labute approximate surface area is 137 Å². The highest BCUT2D eigenvalue weighted by Gasteiger charge is 2.51. The molecule has 1 fully saturated rings. The first kappa shape index (κ1) is 19.8. The molecule has 0 aliphatic carbocycles. The van der Waals surface area contributed by atoms with Gasteiger partial charge in [-0.15, -0.1) is 0 Å². The molecule has 0 saturated carbocycles. The standard InChI is InChI=1S/C14H20O10/c1-6(15)20-5-10-12(21-7(2)16)13(22-8(3)17)11(19)14(24-10)23-9(4)18/h10-14,19H,5H2,1-4H3/t10-,11+,12+,13-,14-/m1/s1. The molecule has 1 aliphatic heterocycles. The van der Waals surface area contributed by atoms with E-state index in [1.54, 1.807) is 0 Å². The maximum atomic E-state index is 11.3. The number of hydrogen-bond donors (Lipinski definition) is 1. The van der Waals surface area contributed by atoms with E-state index in [-0.39, 0.29) is 6.61 Å². The minimum absolute atomic E-state index is 0.366. The Hall–Kier alpha value is -2.20. The van der Waals surface area contributed by atoms with Crippen LogP contribution in [0.2, 0.25) is 0 Å². The van der Waals surface area contributed by atoms with Crippen molar-refractivity contribution in [2.45, 2.75) is 58.4 Å². The van der Waals surface area contributed by atoms with Crippen LogP contribution >= 0.6 is 0 Å².